The smallest absolute Gasteiger partial charge is 0.311 e. The van der Waals surface area contributed by atoms with Gasteiger partial charge in [-0.3, -0.25) is 4.79 Å². The van der Waals surface area contributed by atoms with Crippen molar-refractivity contribution in [3.8, 4) is 17.2 Å². The summed E-state index contributed by atoms with van der Waals surface area (Å²) in [6.07, 6.45) is 0.215. The molecule has 0 amide bonds. The van der Waals surface area contributed by atoms with E-state index in [0.29, 0.717) is 5.69 Å². The topological polar surface area (TPSA) is 61.5 Å². The fraction of sp³-hybridized carbons (Fsp3) is 0.278. The maximum Gasteiger partial charge on any atom is 0.311 e. The SMILES string of the molecule is CC(C)(C)CC(=O)Oc1ccc(F)cc1Oc1ccc(N)cc1Cl. The predicted molar refractivity (Wildman–Crippen MR) is 92.0 cm³/mol. The zero-order chi connectivity index (χ0) is 17.9. The number of benzene rings is 2. The molecule has 0 atom stereocenters. The summed E-state index contributed by atoms with van der Waals surface area (Å²) in [7, 11) is 0. The van der Waals surface area contributed by atoms with E-state index in [2.05, 4.69) is 0 Å². The Balaban J connectivity index is 2.26. The quantitative estimate of drug-likeness (QED) is 0.467. The fourth-order valence-corrected chi connectivity index (χ4v) is 2.18. The Morgan fingerprint density at radius 3 is 2.42 bits per heavy atom. The second-order valence-corrected chi connectivity index (χ2v) is 7.00. The molecule has 0 saturated heterocycles. The minimum Gasteiger partial charge on any atom is -0.452 e. The largest absolute Gasteiger partial charge is 0.452 e. The Hall–Kier alpha value is -2.27. The molecule has 0 aliphatic rings. The molecule has 24 heavy (non-hydrogen) atoms. The predicted octanol–water partition coefficient (Wildman–Crippen LogP) is 5.20. The highest BCUT2D eigenvalue weighted by Crippen LogP contribution is 2.36. The molecule has 0 bridgehead atoms. The minimum atomic E-state index is -0.521. The molecule has 4 nitrogen and oxygen atoms in total. The number of halogens is 2. The van der Waals surface area contributed by atoms with E-state index >= 15 is 0 Å². The lowest BCUT2D eigenvalue weighted by Crippen LogP contribution is -2.17. The molecular formula is C18H19ClFNO3. The van der Waals surface area contributed by atoms with Gasteiger partial charge < -0.3 is 15.2 Å². The number of hydrogen-bond acceptors (Lipinski definition) is 4. The van der Waals surface area contributed by atoms with Crippen molar-refractivity contribution in [3.05, 3.63) is 47.2 Å². The van der Waals surface area contributed by atoms with E-state index in [0.717, 1.165) is 6.07 Å². The lowest BCUT2D eigenvalue weighted by atomic mass is 9.92. The summed E-state index contributed by atoms with van der Waals surface area (Å²) in [5.41, 5.74) is 5.88. The van der Waals surface area contributed by atoms with Crippen LogP contribution in [0.5, 0.6) is 17.2 Å². The Bertz CT molecular complexity index is 756. The Labute approximate surface area is 145 Å². The van der Waals surface area contributed by atoms with Gasteiger partial charge in [0.1, 0.15) is 11.6 Å². The molecule has 0 aliphatic carbocycles. The first-order valence-electron chi connectivity index (χ1n) is 7.37. The fourth-order valence-electron chi connectivity index (χ4n) is 1.96. The molecule has 2 aromatic rings. The maximum absolute atomic E-state index is 13.5. The summed E-state index contributed by atoms with van der Waals surface area (Å²) in [5.74, 6) is -0.485. The molecule has 2 aromatic carbocycles. The van der Waals surface area contributed by atoms with Gasteiger partial charge in [-0.05, 0) is 35.7 Å². The number of carbonyl (C=O) groups excluding carboxylic acids is 1. The third kappa shape index (κ3) is 5.13. The summed E-state index contributed by atoms with van der Waals surface area (Å²) in [4.78, 5) is 12.0. The third-order valence-electron chi connectivity index (χ3n) is 2.98. The van der Waals surface area contributed by atoms with Crippen LogP contribution in [0.3, 0.4) is 0 Å². The molecule has 0 fully saturated rings. The molecule has 2 rings (SSSR count). The molecule has 0 aromatic heterocycles. The average molecular weight is 352 g/mol. The van der Waals surface area contributed by atoms with E-state index in [9.17, 15) is 9.18 Å². The summed E-state index contributed by atoms with van der Waals surface area (Å²) in [5, 5.41) is 0.270. The number of nitrogens with two attached hydrogens (primary N) is 1. The molecule has 0 unspecified atom stereocenters. The van der Waals surface area contributed by atoms with Crippen molar-refractivity contribution in [1.82, 2.24) is 0 Å². The molecule has 0 saturated carbocycles. The second-order valence-electron chi connectivity index (χ2n) is 6.59. The van der Waals surface area contributed by atoms with Crippen LogP contribution in [0.1, 0.15) is 27.2 Å². The van der Waals surface area contributed by atoms with Crippen LogP contribution in [0.25, 0.3) is 0 Å². The molecule has 0 aliphatic heterocycles. The zero-order valence-electron chi connectivity index (χ0n) is 13.7. The summed E-state index contributed by atoms with van der Waals surface area (Å²) < 4.78 is 24.5. The number of nitrogen functional groups attached to an aromatic ring is 1. The number of anilines is 1. The number of ether oxygens (including phenoxy) is 2. The first-order valence-corrected chi connectivity index (χ1v) is 7.75. The minimum absolute atomic E-state index is 0.0592. The standard InChI is InChI=1S/C18H19ClFNO3/c1-18(2,3)10-17(22)24-15-6-4-11(20)8-16(15)23-14-7-5-12(21)9-13(14)19/h4-9H,10,21H2,1-3H3. The first kappa shape index (κ1) is 18.1. The molecule has 128 valence electrons. The highest BCUT2D eigenvalue weighted by molar-refractivity contribution is 6.32. The van der Waals surface area contributed by atoms with Gasteiger partial charge >= 0.3 is 5.97 Å². The van der Waals surface area contributed by atoms with E-state index in [-0.39, 0.29) is 34.1 Å². The number of carbonyl (C=O) groups is 1. The first-order chi connectivity index (χ1) is 11.1. The van der Waals surface area contributed by atoms with Gasteiger partial charge in [0.05, 0.1) is 11.4 Å². The van der Waals surface area contributed by atoms with Gasteiger partial charge in [-0.15, -0.1) is 0 Å². The van der Waals surface area contributed by atoms with Crippen molar-refractivity contribution in [2.75, 3.05) is 5.73 Å². The van der Waals surface area contributed by atoms with Crippen molar-refractivity contribution in [2.45, 2.75) is 27.2 Å². The van der Waals surface area contributed by atoms with Crippen molar-refractivity contribution >= 4 is 23.3 Å². The van der Waals surface area contributed by atoms with Crippen LogP contribution in [0.4, 0.5) is 10.1 Å². The van der Waals surface area contributed by atoms with Gasteiger partial charge in [0.2, 0.25) is 0 Å². The Morgan fingerprint density at radius 1 is 1.12 bits per heavy atom. The molecular weight excluding hydrogens is 333 g/mol. The normalized spacial score (nSPS) is 11.2. The van der Waals surface area contributed by atoms with Crippen LogP contribution in [0, 0.1) is 11.2 Å². The van der Waals surface area contributed by atoms with Crippen molar-refractivity contribution in [3.63, 3.8) is 0 Å². The zero-order valence-corrected chi connectivity index (χ0v) is 14.5. The van der Waals surface area contributed by atoms with Gasteiger partial charge in [-0.2, -0.15) is 0 Å². The Morgan fingerprint density at radius 2 is 1.79 bits per heavy atom. The van der Waals surface area contributed by atoms with Gasteiger partial charge in [0.25, 0.3) is 0 Å². The van der Waals surface area contributed by atoms with Crippen molar-refractivity contribution in [1.29, 1.82) is 0 Å². The highest BCUT2D eigenvalue weighted by Gasteiger charge is 2.20. The van der Waals surface area contributed by atoms with E-state index in [1.807, 2.05) is 20.8 Å². The monoisotopic (exact) mass is 351 g/mol. The van der Waals surface area contributed by atoms with Crippen LogP contribution in [-0.2, 0) is 4.79 Å². The highest BCUT2D eigenvalue weighted by atomic mass is 35.5. The summed E-state index contributed by atoms with van der Waals surface area (Å²) in [6.45, 7) is 5.76. The van der Waals surface area contributed by atoms with Crippen LogP contribution in [-0.4, -0.2) is 5.97 Å². The van der Waals surface area contributed by atoms with Crippen LogP contribution in [0.15, 0.2) is 36.4 Å². The van der Waals surface area contributed by atoms with Gasteiger partial charge in [0, 0.05) is 11.8 Å². The molecule has 2 N–H and O–H groups in total. The lowest BCUT2D eigenvalue weighted by Gasteiger charge is -2.17. The van der Waals surface area contributed by atoms with Crippen LogP contribution < -0.4 is 15.2 Å². The Kier molecular flexibility index (Phi) is 5.34. The third-order valence-corrected chi connectivity index (χ3v) is 3.28. The van der Waals surface area contributed by atoms with E-state index in [1.165, 1.54) is 18.2 Å². The van der Waals surface area contributed by atoms with Crippen molar-refractivity contribution in [2.24, 2.45) is 5.41 Å². The van der Waals surface area contributed by atoms with Crippen LogP contribution >= 0.6 is 11.6 Å². The van der Waals surface area contributed by atoms with Gasteiger partial charge in [0.15, 0.2) is 11.5 Å². The number of rotatable bonds is 4. The van der Waals surface area contributed by atoms with E-state index in [1.54, 1.807) is 12.1 Å². The number of hydrogen-bond donors (Lipinski definition) is 1. The summed E-state index contributed by atoms with van der Waals surface area (Å²) in [6, 6.07) is 8.34. The van der Waals surface area contributed by atoms with E-state index in [4.69, 9.17) is 26.8 Å². The van der Waals surface area contributed by atoms with Crippen molar-refractivity contribution < 1.29 is 18.7 Å². The van der Waals surface area contributed by atoms with Crippen LogP contribution in [0.2, 0.25) is 5.02 Å². The van der Waals surface area contributed by atoms with Gasteiger partial charge in [-0.1, -0.05) is 32.4 Å². The average Bonchev–Trinajstić information content (AvgIpc) is 2.43. The number of esters is 1. The summed E-state index contributed by atoms with van der Waals surface area (Å²) >= 11 is 6.06. The maximum atomic E-state index is 13.5. The molecule has 6 heteroatoms. The molecule has 0 heterocycles. The molecule has 0 spiro atoms. The van der Waals surface area contributed by atoms with E-state index < -0.39 is 11.8 Å². The molecule has 0 radical (unpaired) electrons. The second kappa shape index (κ2) is 7.09. The lowest BCUT2D eigenvalue weighted by molar-refractivity contribution is -0.136. The van der Waals surface area contributed by atoms with Gasteiger partial charge in [-0.25, -0.2) is 4.39 Å².